The number of halogens is 2. The Morgan fingerprint density at radius 2 is 1.45 bits per heavy atom. The molecule has 0 unspecified atom stereocenters. The van der Waals surface area contributed by atoms with Crippen molar-refractivity contribution in [2.45, 2.75) is 20.8 Å². The number of carbonyl (C=O) groups is 1. The second-order valence-corrected chi connectivity index (χ2v) is 8.79. The van der Waals surface area contributed by atoms with Crippen molar-refractivity contribution in [3.05, 3.63) is 115 Å². The van der Waals surface area contributed by atoms with Crippen molar-refractivity contribution < 1.29 is 4.79 Å². The summed E-state index contributed by atoms with van der Waals surface area (Å²) in [5.41, 5.74) is 4.78. The first-order valence-corrected chi connectivity index (χ1v) is 11.2. The van der Waals surface area contributed by atoms with Gasteiger partial charge in [-0.15, -0.1) is 0 Å². The first-order chi connectivity index (χ1) is 15.8. The number of carbonyl (C=O) groups excluding carboxylic acids is 1. The molecule has 1 aromatic heterocycles. The van der Waals surface area contributed by atoms with Crippen molar-refractivity contribution in [3.63, 3.8) is 0 Å². The zero-order valence-electron chi connectivity index (χ0n) is 18.4. The van der Waals surface area contributed by atoms with Crippen LogP contribution in [0.1, 0.15) is 27.2 Å². The molecule has 1 N–H and O–H groups in total. The minimum Gasteiger partial charge on any atom is -0.321 e. The number of rotatable bonds is 4. The molecule has 0 aliphatic heterocycles. The number of benzene rings is 3. The fourth-order valence-corrected chi connectivity index (χ4v) is 4.29. The van der Waals surface area contributed by atoms with Crippen LogP contribution in [0.3, 0.4) is 0 Å². The maximum atomic E-state index is 13.6. The van der Waals surface area contributed by atoms with Gasteiger partial charge in [-0.25, -0.2) is 0 Å². The van der Waals surface area contributed by atoms with Gasteiger partial charge in [0.15, 0.2) is 5.43 Å². The van der Waals surface area contributed by atoms with Gasteiger partial charge in [-0.05, 0) is 68.3 Å². The third-order valence-corrected chi connectivity index (χ3v) is 6.02. The number of amides is 1. The highest BCUT2D eigenvalue weighted by Crippen LogP contribution is 2.30. The van der Waals surface area contributed by atoms with Crippen LogP contribution in [0.25, 0.3) is 16.9 Å². The second kappa shape index (κ2) is 9.26. The second-order valence-electron chi connectivity index (χ2n) is 7.92. The highest BCUT2D eigenvalue weighted by Gasteiger charge is 2.23. The predicted octanol–water partition coefficient (Wildman–Crippen LogP) is 6.99. The van der Waals surface area contributed by atoms with Crippen LogP contribution in [-0.4, -0.2) is 10.5 Å². The summed E-state index contributed by atoms with van der Waals surface area (Å²) in [5.74, 6) is -0.477. The number of nitrogens with zero attached hydrogens (tertiary/aromatic N) is 1. The molecule has 0 aliphatic rings. The molecule has 4 rings (SSSR count). The van der Waals surface area contributed by atoms with Crippen LogP contribution in [0.5, 0.6) is 0 Å². The standard InChI is InChI=1S/C27H22Cl2N2O2/c1-16-6-4-7-17(2)25(16)30-27(33)24-23(32)14-18(3)31(22-12-10-20(28)11-13-22)26(24)19-8-5-9-21(29)15-19/h4-15H,1-3H3,(H,30,33). The Balaban J connectivity index is 2.00. The highest BCUT2D eigenvalue weighted by molar-refractivity contribution is 6.31. The molecule has 0 radical (unpaired) electrons. The van der Waals surface area contributed by atoms with Gasteiger partial charge in [-0.3, -0.25) is 9.59 Å². The number of hydrogen-bond acceptors (Lipinski definition) is 2. The number of anilines is 1. The van der Waals surface area contributed by atoms with Gasteiger partial charge in [-0.2, -0.15) is 0 Å². The molecular weight excluding hydrogens is 455 g/mol. The molecule has 6 heteroatoms. The van der Waals surface area contributed by atoms with Gasteiger partial charge in [0.25, 0.3) is 5.91 Å². The molecule has 0 saturated heterocycles. The molecule has 0 bridgehead atoms. The van der Waals surface area contributed by atoms with Crippen molar-refractivity contribution in [1.29, 1.82) is 0 Å². The van der Waals surface area contributed by atoms with Gasteiger partial charge in [0, 0.05) is 38.7 Å². The van der Waals surface area contributed by atoms with Crippen molar-refractivity contribution in [1.82, 2.24) is 4.57 Å². The molecule has 0 fully saturated rings. The minimum atomic E-state index is -0.477. The van der Waals surface area contributed by atoms with Gasteiger partial charge in [0.1, 0.15) is 5.56 Å². The van der Waals surface area contributed by atoms with E-state index in [0.717, 1.165) is 16.8 Å². The van der Waals surface area contributed by atoms with Crippen molar-refractivity contribution in [2.24, 2.45) is 0 Å². The van der Waals surface area contributed by atoms with Gasteiger partial charge in [0.05, 0.1) is 5.69 Å². The summed E-state index contributed by atoms with van der Waals surface area (Å²) >= 11 is 12.4. The monoisotopic (exact) mass is 476 g/mol. The average Bonchev–Trinajstić information content (AvgIpc) is 2.76. The SMILES string of the molecule is Cc1cccc(C)c1NC(=O)c1c(-c2cccc(Cl)c2)n(-c2ccc(Cl)cc2)c(C)cc1=O. The normalized spacial score (nSPS) is 10.8. The Bertz CT molecular complexity index is 1400. The largest absolute Gasteiger partial charge is 0.321 e. The van der Waals surface area contributed by atoms with Crippen molar-refractivity contribution in [2.75, 3.05) is 5.32 Å². The van der Waals surface area contributed by atoms with Crippen LogP contribution < -0.4 is 10.7 Å². The molecule has 4 nitrogen and oxygen atoms in total. The average molecular weight is 477 g/mol. The molecule has 0 atom stereocenters. The van der Waals surface area contributed by atoms with Crippen LogP contribution >= 0.6 is 23.2 Å². The van der Waals surface area contributed by atoms with E-state index in [2.05, 4.69) is 5.32 Å². The highest BCUT2D eigenvalue weighted by atomic mass is 35.5. The number of hydrogen-bond donors (Lipinski definition) is 1. The fraction of sp³-hybridized carbons (Fsp3) is 0.111. The summed E-state index contributed by atoms with van der Waals surface area (Å²) in [6.45, 7) is 5.67. The first kappa shape index (κ1) is 22.8. The van der Waals surface area contributed by atoms with E-state index < -0.39 is 5.91 Å². The number of para-hydroxylation sites is 1. The number of aromatic nitrogens is 1. The van der Waals surface area contributed by atoms with E-state index in [1.54, 1.807) is 30.3 Å². The van der Waals surface area contributed by atoms with E-state index in [9.17, 15) is 9.59 Å². The van der Waals surface area contributed by atoms with Crippen LogP contribution in [0.2, 0.25) is 10.0 Å². The smallest absolute Gasteiger partial charge is 0.261 e. The lowest BCUT2D eigenvalue weighted by Crippen LogP contribution is -2.26. The lowest BCUT2D eigenvalue weighted by Gasteiger charge is -2.21. The molecule has 4 aromatic rings. The van der Waals surface area contributed by atoms with E-state index in [0.29, 0.717) is 32.7 Å². The quantitative estimate of drug-likeness (QED) is 0.345. The number of nitrogens with one attached hydrogen (secondary N) is 1. The van der Waals surface area contributed by atoms with Crippen LogP contribution in [0.15, 0.2) is 77.6 Å². The lowest BCUT2D eigenvalue weighted by molar-refractivity contribution is 0.102. The molecule has 3 aromatic carbocycles. The molecule has 0 spiro atoms. The molecule has 166 valence electrons. The maximum absolute atomic E-state index is 13.6. The predicted molar refractivity (Wildman–Crippen MR) is 136 cm³/mol. The summed E-state index contributed by atoms with van der Waals surface area (Å²) in [4.78, 5) is 26.8. The first-order valence-electron chi connectivity index (χ1n) is 10.4. The Labute approximate surface area is 202 Å². The summed E-state index contributed by atoms with van der Waals surface area (Å²) in [5, 5.41) is 4.06. The maximum Gasteiger partial charge on any atom is 0.261 e. The molecule has 0 aliphatic carbocycles. The van der Waals surface area contributed by atoms with Gasteiger partial charge >= 0.3 is 0 Å². The lowest BCUT2D eigenvalue weighted by atomic mass is 10.0. The zero-order chi connectivity index (χ0) is 23.7. The fourth-order valence-electron chi connectivity index (χ4n) is 3.97. The van der Waals surface area contributed by atoms with Crippen molar-refractivity contribution >= 4 is 34.8 Å². The third kappa shape index (κ3) is 4.58. The molecule has 0 saturated carbocycles. The number of aryl methyl sites for hydroxylation is 3. The summed E-state index contributed by atoms with van der Waals surface area (Å²) in [6.07, 6.45) is 0. The zero-order valence-corrected chi connectivity index (χ0v) is 20.0. The Morgan fingerprint density at radius 1 is 0.818 bits per heavy atom. The summed E-state index contributed by atoms with van der Waals surface area (Å²) in [7, 11) is 0. The third-order valence-electron chi connectivity index (χ3n) is 5.53. The van der Waals surface area contributed by atoms with E-state index in [1.807, 2.05) is 61.7 Å². The summed E-state index contributed by atoms with van der Waals surface area (Å²) < 4.78 is 1.88. The van der Waals surface area contributed by atoms with Crippen LogP contribution in [0, 0.1) is 20.8 Å². The van der Waals surface area contributed by atoms with Crippen LogP contribution in [-0.2, 0) is 0 Å². The van der Waals surface area contributed by atoms with Crippen LogP contribution in [0.4, 0.5) is 5.69 Å². The summed E-state index contributed by atoms with van der Waals surface area (Å²) in [6, 6.07) is 21.6. The van der Waals surface area contributed by atoms with E-state index in [1.165, 1.54) is 6.07 Å². The molecule has 33 heavy (non-hydrogen) atoms. The van der Waals surface area contributed by atoms with Crippen molar-refractivity contribution in [3.8, 4) is 16.9 Å². The molecular formula is C27H22Cl2N2O2. The topological polar surface area (TPSA) is 51.1 Å². The van der Waals surface area contributed by atoms with E-state index in [4.69, 9.17) is 23.2 Å². The Morgan fingerprint density at radius 3 is 2.09 bits per heavy atom. The Kier molecular flexibility index (Phi) is 6.41. The minimum absolute atomic E-state index is 0.0421. The number of pyridine rings is 1. The molecule has 1 amide bonds. The van der Waals surface area contributed by atoms with E-state index >= 15 is 0 Å². The van der Waals surface area contributed by atoms with E-state index in [-0.39, 0.29) is 11.0 Å². The molecule has 1 heterocycles. The Hall–Kier alpha value is -3.34. The van der Waals surface area contributed by atoms with Gasteiger partial charge < -0.3 is 9.88 Å². The van der Waals surface area contributed by atoms with Gasteiger partial charge in [0.2, 0.25) is 0 Å². The van der Waals surface area contributed by atoms with Gasteiger partial charge in [-0.1, -0.05) is 53.5 Å².